The molecule has 98 valence electrons. The van der Waals surface area contributed by atoms with Gasteiger partial charge in [-0.3, -0.25) is 14.9 Å². The highest BCUT2D eigenvalue weighted by molar-refractivity contribution is 5.67. The lowest BCUT2D eigenvalue weighted by atomic mass is 10.0. The monoisotopic (exact) mass is 255 g/mol. The van der Waals surface area contributed by atoms with Crippen LogP contribution in [0.15, 0.2) is 18.2 Å². The number of ether oxygens (including phenoxy) is 1. The average molecular weight is 255 g/mol. The number of hydrogen-bond acceptors (Lipinski definition) is 5. The van der Waals surface area contributed by atoms with Gasteiger partial charge >= 0.3 is 11.7 Å². The number of nitro benzene ring substituents is 1. The third-order valence-electron chi connectivity index (χ3n) is 2.32. The first-order valence-electron chi connectivity index (χ1n) is 5.15. The van der Waals surface area contributed by atoms with Crippen molar-refractivity contribution in [2.75, 3.05) is 7.11 Å². The number of carboxylic acid groups (broad SMARTS) is 1. The fourth-order valence-corrected chi connectivity index (χ4v) is 1.55. The Balaban J connectivity index is 2.88. The molecule has 2 N–H and O–H groups in total. The van der Waals surface area contributed by atoms with Crippen molar-refractivity contribution in [1.29, 1.82) is 0 Å². The van der Waals surface area contributed by atoms with E-state index < -0.39 is 23.4 Å². The summed E-state index contributed by atoms with van der Waals surface area (Å²) in [6, 6.07) is 4.24. The molecule has 0 fully saturated rings. The van der Waals surface area contributed by atoms with Gasteiger partial charge in [0.05, 0.1) is 24.6 Å². The van der Waals surface area contributed by atoms with Crippen molar-refractivity contribution in [3.8, 4) is 5.75 Å². The number of nitro groups is 1. The van der Waals surface area contributed by atoms with Crippen molar-refractivity contribution in [1.82, 2.24) is 0 Å². The van der Waals surface area contributed by atoms with Crippen molar-refractivity contribution >= 4 is 11.7 Å². The van der Waals surface area contributed by atoms with Crippen LogP contribution in [0, 0.1) is 10.1 Å². The van der Waals surface area contributed by atoms with Gasteiger partial charge < -0.3 is 14.9 Å². The van der Waals surface area contributed by atoms with E-state index in [1.165, 1.54) is 19.2 Å². The first-order chi connectivity index (χ1) is 8.43. The van der Waals surface area contributed by atoms with E-state index in [1.54, 1.807) is 6.07 Å². The third-order valence-corrected chi connectivity index (χ3v) is 2.32. The minimum Gasteiger partial charge on any atom is -0.490 e. The minimum absolute atomic E-state index is 0.0388. The second kappa shape index (κ2) is 5.97. The van der Waals surface area contributed by atoms with Crippen LogP contribution in [0.4, 0.5) is 5.69 Å². The fourth-order valence-electron chi connectivity index (χ4n) is 1.55. The molecule has 1 atom stereocenters. The quantitative estimate of drug-likeness (QED) is 0.579. The molecular weight excluding hydrogens is 242 g/mol. The number of methoxy groups -OCH3 is 1. The topological polar surface area (TPSA) is 110 Å². The van der Waals surface area contributed by atoms with E-state index in [4.69, 9.17) is 9.84 Å². The molecule has 0 saturated carbocycles. The lowest BCUT2D eigenvalue weighted by Crippen LogP contribution is -2.15. The van der Waals surface area contributed by atoms with Gasteiger partial charge in [0.15, 0.2) is 5.75 Å². The zero-order valence-corrected chi connectivity index (χ0v) is 9.70. The molecule has 1 unspecified atom stereocenters. The number of nitrogens with zero attached hydrogens (tertiary/aromatic N) is 1. The van der Waals surface area contributed by atoms with Crippen molar-refractivity contribution in [3.05, 3.63) is 33.9 Å². The Morgan fingerprint density at radius 3 is 2.72 bits per heavy atom. The predicted molar refractivity (Wildman–Crippen MR) is 61.6 cm³/mol. The van der Waals surface area contributed by atoms with E-state index in [-0.39, 0.29) is 17.9 Å². The zero-order valence-electron chi connectivity index (χ0n) is 9.70. The van der Waals surface area contributed by atoms with Crippen LogP contribution in [-0.2, 0) is 11.2 Å². The molecule has 18 heavy (non-hydrogen) atoms. The molecule has 1 aromatic carbocycles. The van der Waals surface area contributed by atoms with Gasteiger partial charge in [-0.1, -0.05) is 6.07 Å². The zero-order chi connectivity index (χ0) is 13.7. The standard InChI is InChI=1S/C11H13NO6/c1-18-10-3-2-7(5-9(10)12(16)17)4-8(13)6-11(14)15/h2-3,5,8,13H,4,6H2,1H3,(H,14,15). The summed E-state index contributed by atoms with van der Waals surface area (Å²) in [5, 5.41) is 28.7. The van der Waals surface area contributed by atoms with Crippen LogP contribution in [0.25, 0.3) is 0 Å². The van der Waals surface area contributed by atoms with Gasteiger partial charge in [0, 0.05) is 6.07 Å². The van der Waals surface area contributed by atoms with E-state index in [0.717, 1.165) is 0 Å². The minimum atomic E-state index is -1.12. The van der Waals surface area contributed by atoms with Crippen molar-refractivity contribution in [3.63, 3.8) is 0 Å². The van der Waals surface area contributed by atoms with Gasteiger partial charge in [0.1, 0.15) is 0 Å². The third kappa shape index (κ3) is 3.70. The number of carboxylic acids is 1. The molecule has 0 saturated heterocycles. The summed E-state index contributed by atoms with van der Waals surface area (Å²) in [5.74, 6) is -0.998. The van der Waals surface area contributed by atoms with Crippen LogP contribution < -0.4 is 4.74 Å². The number of rotatable bonds is 6. The molecule has 0 spiro atoms. The number of aliphatic carboxylic acids is 1. The van der Waals surface area contributed by atoms with Crippen LogP contribution >= 0.6 is 0 Å². The lowest BCUT2D eigenvalue weighted by molar-refractivity contribution is -0.385. The Kier molecular flexibility index (Phi) is 4.61. The smallest absolute Gasteiger partial charge is 0.311 e. The molecule has 1 rings (SSSR count). The SMILES string of the molecule is COc1ccc(CC(O)CC(=O)O)cc1[N+](=O)[O-]. The number of aliphatic hydroxyl groups excluding tert-OH is 1. The second-order valence-electron chi connectivity index (χ2n) is 3.72. The van der Waals surface area contributed by atoms with Crippen LogP contribution in [0.1, 0.15) is 12.0 Å². The maximum Gasteiger partial charge on any atom is 0.311 e. The molecule has 0 heterocycles. The molecule has 0 aliphatic heterocycles. The molecule has 0 radical (unpaired) electrons. The van der Waals surface area contributed by atoms with Gasteiger partial charge in [-0.2, -0.15) is 0 Å². The molecule has 7 heteroatoms. The predicted octanol–water partition coefficient (Wildman–Crippen LogP) is 0.981. The van der Waals surface area contributed by atoms with E-state index in [0.29, 0.717) is 5.56 Å². The summed E-state index contributed by atoms with van der Waals surface area (Å²) in [5.41, 5.74) is 0.272. The highest BCUT2D eigenvalue weighted by Gasteiger charge is 2.17. The van der Waals surface area contributed by atoms with Gasteiger partial charge in [0.25, 0.3) is 0 Å². The molecule has 1 aromatic rings. The summed E-state index contributed by atoms with van der Waals surface area (Å²) in [7, 11) is 1.32. The van der Waals surface area contributed by atoms with Crippen LogP contribution in [0.2, 0.25) is 0 Å². The van der Waals surface area contributed by atoms with Crippen LogP contribution in [0.3, 0.4) is 0 Å². The number of hydrogen-bond donors (Lipinski definition) is 2. The first-order valence-corrected chi connectivity index (χ1v) is 5.15. The van der Waals surface area contributed by atoms with E-state index in [1.807, 2.05) is 0 Å². The largest absolute Gasteiger partial charge is 0.490 e. The van der Waals surface area contributed by atoms with Gasteiger partial charge in [-0.15, -0.1) is 0 Å². The van der Waals surface area contributed by atoms with Gasteiger partial charge in [0.2, 0.25) is 0 Å². The summed E-state index contributed by atoms with van der Waals surface area (Å²) in [6.07, 6.45) is -1.44. The normalized spacial score (nSPS) is 11.9. The molecule has 0 bridgehead atoms. The summed E-state index contributed by atoms with van der Waals surface area (Å²) in [6.45, 7) is 0. The highest BCUT2D eigenvalue weighted by atomic mass is 16.6. The number of carbonyl (C=O) groups is 1. The molecule has 0 amide bonds. The van der Waals surface area contributed by atoms with E-state index >= 15 is 0 Å². The summed E-state index contributed by atoms with van der Waals surface area (Å²) >= 11 is 0. The molecule has 0 aliphatic carbocycles. The Morgan fingerprint density at radius 2 is 2.22 bits per heavy atom. The van der Waals surface area contributed by atoms with Crippen molar-refractivity contribution < 1.29 is 24.7 Å². The molecule has 7 nitrogen and oxygen atoms in total. The fraction of sp³-hybridized carbons (Fsp3) is 0.364. The van der Waals surface area contributed by atoms with Crippen molar-refractivity contribution in [2.45, 2.75) is 18.9 Å². The van der Waals surface area contributed by atoms with Gasteiger partial charge in [-0.25, -0.2) is 0 Å². The maximum absolute atomic E-state index is 10.8. The average Bonchev–Trinajstić information content (AvgIpc) is 2.27. The summed E-state index contributed by atoms with van der Waals surface area (Å²) in [4.78, 5) is 20.6. The number of benzene rings is 1. The summed E-state index contributed by atoms with van der Waals surface area (Å²) < 4.78 is 4.83. The van der Waals surface area contributed by atoms with Crippen molar-refractivity contribution in [2.24, 2.45) is 0 Å². The Hall–Kier alpha value is -2.15. The Bertz CT molecular complexity index is 459. The van der Waals surface area contributed by atoms with E-state index in [9.17, 15) is 20.0 Å². The molecular formula is C11H13NO6. The van der Waals surface area contributed by atoms with Crippen LogP contribution in [0.5, 0.6) is 5.75 Å². The Labute approximate surface area is 103 Å². The lowest BCUT2D eigenvalue weighted by Gasteiger charge is -2.09. The maximum atomic E-state index is 10.8. The second-order valence-corrected chi connectivity index (χ2v) is 3.72. The molecule has 0 aliphatic rings. The van der Waals surface area contributed by atoms with Crippen LogP contribution in [-0.4, -0.2) is 34.3 Å². The Morgan fingerprint density at radius 1 is 1.56 bits per heavy atom. The highest BCUT2D eigenvalue weighted by Crippen LogP contribution is 2.28. The van der Waals surface area contributed by atoms with E-state index in [2.05, 4.69) is 0 Å². The first kappa shape index (κ1) is 13.9. The number of aliphatic hydroxyl groups is 1. The van der Waals surface area contributed by atoms with Gasteiger partial charge in [-0.05, 0) is 18.1 Å². The molecule has 0 aromatic heterocycles.